The minimum atomic E-state index is 0.0215. The highest BCUT2D eigenvalue weighted by molar-refractivity contribution is 5.85. The Kier molecular flexibility index (Phi) is 4.89. The number of pyridine rings is 1. The van der Waals surface area contributed by atoms with Crippen LogP contribution in [0.2, 0.25) is 0 Å². The van der Waals surface area contributed by atoms with Crippen molar-refractivity contribution in [3.05, 3.63) is 89.4 Å². The van der Waals surface area contributed by atoms with E-state index in [1.54, 1.807) is 14.2 Å². The molecule has 1 aliphatic rings. The van der Waals surface area contributed by atoms with Gasteiger partial charge in [0, 0.05) is 41.4 Å². The van der Waals surface area contributed by atoms with Crippen LogP contribution in [0.15, 0.2) is 66.9 Å². The zero-order valence-corrected chi connectivity index (χ0v) is 17.3. The van der Waals surface area contributed by atoms with Gasteiger partial charge in [-0.05, 0) is 36.2 Å². The lowest BCUT2D eigenvalue weighted by Crippen LogP contribution is -2.36. The Morgan fingerprint density at radius 1 is 1.00 bits per heavy atom. The van der Waals surface area contributed by atoms with Gasteiger partial charge in [-0.15, -0.1) is 0 Å². The summed E-state index contributed by atoms with van der Waals surface area (Å²) in [5.74, 6) is 1.53. The Hall–Kier alpha value is -3.31. The molecule has 1 unspecified atom stereocenters. The number of hydrogen-bond donors (Lipinski definition) is 1. The quantitative estimate of drug-likeness (QED) is 0.527. The predicted molar refractivity (Wildman–Crippen MR) is 118 cm³/mol. The number of methoxy groups -OCH3 is 2. The minimum absolute atomic E-state index is 0.0215. The van der Waals surface area contributed by atoms with E-state index < -0.39 is 0 Å². The molecule has 30 heavy (non-hydrogen) atoms. The number of para-hydroxylation sites is 2. The van der Waals surface area contributed by atoms with Crippen molar-refractivity contribution in [1.29, 1.82) is 0 Å². The summed E-state index contributed by atoms with van der Waals surface area (Å²) in [7, 11) is 3.39. The maximum Gasteiger partial charge on any atom is 0.165 e. The largest absolute Gasteiger partial charge is 0.493 e. The van der Waals surface area contributed by atoms with E-state index in [9.17, 15) is 0 Å². The van der Waals surface area contributed by atoms with E-state index in [1.807, 2.05) is 30.5 Å². The van der Waals surface area contributed by atoms with Crippen LogP contribution in [0.25, 0.3) is 10.9 Å². The number of benzene rings is 2. The second-order valence-corrected chi connectivity index (χ2v) is 7.59. The molecule has 4 aromatic rings. The molecule has 1 aliphatic heterocycles. The van der Waals surface area contributed by atoms with Gasteiger partial charge in [0.05, 0.1) is 26.0 Å². The topological polar surface area (TPSA) is 50.4 Å². The molecule has 0 saturated carbocycles. The molecule has 1 N–H and O–H groups in total. The molecule has 5 heteroatoms. The second-order valence-electron chi connectivity index (χ2n) is 7.59. The number of H-pyrrole nitrogens is 1. The van der Waals surface area contributed by atoms with Crippen LogP contribution >= 0.6 is 0 Å². The zero-order chi connectivity index (χ0) is 20.5. The summed E-state index contributed by atoms with van der Waals surface area (Å²) < 4.78 is 11.4. The molecule has 5 nitrogen and oxygen atoms in total. The fourth-order valence-electron chi connectivity index (χ4n) is 4.64. The smallest absolute Gasteiger partial charge is 0.165 e. The van der Waals surface area contributed by atoms with Gasteiger partial charge >= 0.3 is 0 Å². The fourth-order valence-corrected chi connectivity index (χ4v) is 4.64. The summed E-state index contributed by atoms with van der Waals surface area (Å²) in [5.41, 5.74) is 5.95. The first-order chi connectivity index (χ1) is 14.8. The third kappa shape index (κ3) is 3.12. The van der Waals surface area contributed by atoms with Gasteiger partial charge in [0.1, 0.15) is 0 Å². The van der Waals surface area contributed by atoms with Crippen LogP contribution in [-0.4, -0.2) is 35.6 Å². The molecule has 0 saturated heterocycles. The molecule has 1 atom stereocenters. The number of aromatic nitrogens is 2. The molecule has 0 spiro atoms. The minimum Gasteiger partial charge on any atom is -0.493 e. The normalized spacial score (nSPS) is 16.4. The van der Waals surface area contributed by atoms with Crippen molar-refractivity contribution in [1.82, 2.24) is 14.9 Å². The van der Waals surface area contributed by atoms with Gasteiger partial charge in [0.2, 0.25) is 0 Å². The molecule has 2 aromatic heterocycles. The Morgan fingerprint density at radius 3 is 2.67 bits per heavy atom. The first kappa shape index (κ1) is 18.7. The van der Waals surface area contributed by atoms with E-state index in [-0.39, 0.29) is 6.04 Å². The van der Waals surface area contributed by atoms with E-state index in [0.29, 0.717) is 0 Å². The van der Waals surface area contributed by atoms with E-state index in [1.165, 1.54) is 22.2 Å². The van der Waals surface area contributed by atoms with Crippen LogP contribution in [0.3, 0.4) is 0 Å². The van der Waals surface area contributed by atoms with Gasteiger partial charge in [-0.25, -0.2) is 0 Å². The van der Waals surface area contributed by atoms with Crippen molar-refractivity contribution in [2.45, 2.75) is 19.0 Å². The van der Waals surface area contributed by atoms with Crippen molar-refractivity contribution in [3.63, 3.8) is 0 Å². The maximum absolute atomic E-state index is 5.83. The van der Waals surface area contributed by atoms with Crippen LogP contribution < -0.4 is 9.47 Å². The molecule has 0 aliphatic carbocycles. The molecule has 2 aromatic carbocycles. The summed E-state index contributed by atoms with van der Waals surface area (Å²) >= 11 is 0. The molecule has 3 heterocycles. The molecule has 152 valence electrons. The van der Waals surface area contributed by atoms with Gasteiger partial charge in [-0.3, -0.25) is 9.88 Å². The lowest BCUT2D eigenvalue weighted by molar-refractivity contribution is 0.195. The summed E-state index contributed by atoms with van der Waals surface area (Å²) in [6, 6.07) is 20.8. The van der Waals surface area contributed by atoms with Gasteiger partial charge < -0.3 is 14.5 Å². The zero-order valence-electron chi connectivity index (χ0n) is 17.3. The molecular weight excluding hydrogens is 374 g/mol. The van der Waals surface area contributed by atoms with Crippen molar-refractivity contribution < 1.29 is 9.47 Å². The Balaban J connectivity index is 1.68. The van der Waals surface area contributed by atoms with Gasteiger partial charge in [-0.1, -0.05) is 36.4 Å². The highest BCUT2D eigenvalue weighted by Crippen LogP contribution is 2.44. The number of rotatable bonds is 5. The van der Waals surface area contributed by atoms with E-state index in [2.05, 4.69) is 51.3 Å². The van der Waals surface area contributed by atoms with Crippen molar-refractivity contribution in [2.75, 3.05) is 20.8 Å². The van der Waals surface area contributed by atoms with Crippen LogP contribution in [0.5, 0.6) is 11.5 Å². The van der Waals surface area contributed by atoms with Gasteiger partial charge in [0.25, 0.3) is 0 Å². The summed E-state index contributed by atoms with van der Waals surface area (Å²) in [6.07, 6.45) is 2.85. The lowest BCUT2D eigenvalue weighted by atomic mass is 9.91. The molecule has 0 radical (unpaired) electrons. The van der Waals surface area contributed by atoms with Gasteiger partial charge in [0.15, 0.2) is 11.5 Å². The number of fused-ring (bicyclic) bond motifs is 3. The third-order valence-electron chi connectivity index (χ3n) is 5.95. The highest BCUT2D eigenvalue weighted by Gasteiger charge is 2.34. The number of hydrogen-bond acceptors (Lipinski definition) is 4. The van der Waals surface area contributed by atoms with E-state index in [4.69, 9.17) is 9.47 Å². The summed E-state index contributed by atoms with van der Waals surface area (Å²) in [5, 5.41) is 1.30. The number of nitrogens with zero attached hydrogens (tertiary/aromatic N) is 2. The number of nitrogens with one attached hydrogen (secondary N) is 1. The Morgan fingerprint density at radius 2 is 1.87 bits per heavy atom. The fraction of sp³-hybridized carbons (Fsp3) is 0.240. The van der Waals surface area contributed by atoms with Crippen molar-refractivity contribution >= 4 is 10.9 Å². The lowest BCUT2D eigenvalue weighted by Gasteiger charge is -2.36. The standard InChI is InChI=1S/C25H25N3O2/c1-29-22-12-7-10-20(25(22)30-2)24-23-19(18-9-3-4-11-21(18)27-23)13-15-28(24)16-17-8-5-6-14-26-17/h3-12,14,24,27H,13,15-16H2,1-2H3. The molecule has 0 bridgehead atoms. The van der Waals surface area contributed by atoms with Crippen LogP contribution in [0, 0.1) is 0 Å². The van der Waals surface area contributed by atoms with Crippen molar-refractivity contribution in [3.8, 4) is 11.5 Å². The highest BCUT2D eigenvalue weighted by atomic mass is 16.5. The molecular formula is C25H25N3O2. The average molecular weight is 399 g/mol. The Labute approximate surface area is 176 Å². The third-order valence-corrected chi connectivity index (χ3v) is 5.95. The molecule has 0 fully saturated rings. The maximum atomic E-state index is 5.83. The second kappa shape index (κ2) is 7.84. The average Bonchev–Trinajstić information content (AvgIpc) is 3.17. The number of ether oxygens (including phenoxy) is 2. The van der Waals surface area contributed by atoms with Crippen LogP contribution in [0.1, 0.15) is 28.6 Å². The SMILES string of the molecule is COc1cccc(C2c3[nH]c4ccccc4c3CCN2Cc2ccccn2)c1OC. The van der Waals surface area contributed by atoms with E-state index >= 15 is 0 Å². The summed E-state index contributed by atoms with van der Waals surface area (Å²) in [6.45, 7) is 1.71. The first-order valence-electron chi connectivity index (χ1n) is 10.2. The van der Waals surface area contributed by atoms with E-state index in [0.717, 1.165) is 42.3 Å². The summed E-state index contributed by atoms with van der Waals surface area (Å²) in [4.78, 5) is 10.7. The van der Waals surface area contributed by atoms with Crippen LogP contribution in [0.4, 0.5) is 0 Å². The monoisotopic (exact) mass is 399 g/mol. The molecule has 0 amide bonds. The van der Waals surface area contributed by atoms with Crippen LogP contribution in [-0.2, 0) is 13.0 Å². The Bertz CT molecular complexity index is 1170. The molecule has 5 rings (SSSR count). The first-order valence-corrected chi connectivity index (χ1v) is 10.2. The predicted octanol–water partition coefficient (Wildman–Crippen LogP) is 4.73. The number of aromatic amines is 1. The van der Waals surface area contributed by atoms with Crippen molar-refractivity contribution in [2.24, 2.45) is 0 Å². The van der Waals surface area contributed by atoms with Gasteiger partial charge in [-0.2, -0.15) is 0 Å².